The minimum atomic E-state index is -0.392. The highest BCUT2D eigenvalue weighted by molar-refractivity contribution is 6.34. The lowest BCUT2D eigenvalue weighted by molar-refractivity contribution is 0.101. The van der Waals surface area contributed by atoms with Crippen LogP contribution in [0, 0.1) is 13.8 Å². The van der Waals surface area contributed by atoms with Gasteiger partial charge in [0.1, 0.15) is 17.8 Å². The van der Waals surface area contributed by atoms with Crippen molar-refractivity contribution in [2.45, 2.75) is 20.8 Å². The van der Waals surface area contributed by atoms with Gasteiger partial charge in [0.2, 0.25) is 0 Å². The van der Waals surface area contributed by atoms with Gasteiger partial charge in [0, 0.05) is 17.3 Å². The molecule has 0 saturated carbocycles. The number of rotatable bonds is 5. The Morgan fingerprint density at radius 1 is 1.04 bits per heavy atom. The Labute approximate surface area is 168 Å². The van der Waals surface area contributed by atoms with Crippen molar-refractivity contribution < 1.29 is 9.59 Å². The van der Waals surface area contributed by atoms with Gasteiger partial charge in [0.25, 0.3) is 5.91 Å². The van der Waals surface area contributed by atoms with Crippen LogP contribution in [-0.2, 0) is 0 Å². The fraction of sp³-hybridized carbons (Fsp3) is 0.143. The Balaban J connectivity index is 1.80. The number of benzene rings is 2. The molecule has 0 unspecified atom stereocenters. The van der Waals surface area contributed by atoms with Gasteiger partial charge in [0.05, 0.1) is 10.7 Å². The second-order valence-electron chi connectivity index (χ2n) is 6.44. The zero-order valence-corrected chi connectivity index (χ0v) is 16.5. The molecule has 2 aromatic carbocycles. The van der Waals surface area contributed by atoms with Crippen LogP contribution in [0.1, 0.15) is 38.9 Å². The summed E-state index contributed by atoms with van der Waals surface area (Å²) < 4.78 is 0. The highest BCUT2D eigenvalue weighted by Gasteiger charge is 2.13. The summed E-state index contributed by atoms with van der Waals surface area (Å²) in [6.07, 6.45) is 1.30. The van der Waals surface area contributed by atoms with Crippen LogP contribution < -0.4 is 10.6 Å². The van der Waals surface area contributed by atoms with Crippen LogP contribution >= 0.6 is 11.6 Å². The summed E-state index contributed by atoms with van der Waals surface area (Å²) >= 11 is 6.26. The summed E-state index contributed by atoms with van der Waals surface area (Å²) in [4.78, 5) is 32.3. The van der Waals surface area contributed by atoms with Crippen molar-refractivity contribution in [3.8, 4) is 0 Å². The quantitative estimate of drug-likeness (QED) is 0.598. The lowest BCUT2D eigenvalue weighted by Crippen LogP contribution is -2.15. The van der Waals surface area contributed by atoms with E-state index in [1.807, 2.05) is 26.0 Å². The van der Waals surface area contributed by atoms with E-state index >= 15 is 0 Å². The molecule has 0 bridgehead atoms. The van der Waals surface area contributed by atoms with Crippen molar-refractivity contribution in [3.63, 3.8) is 0 Å². The number of ketones is 1. The van der Waals surface area contributed by atoms with E-state index in [1.165, 1.54) is 19.3 Å². The molecular formula is C21H19ClN4O2. The third kappa shape index (κ3) is 4.53. The molecule has 3 aromatic rings. The monoisotopic (exact) mass is 394 g/mol. The molecule has 0 radical (unpaired) electrons. The number of Topliss-reactive ketones (excluding diaryl/α,β-unsaturated/α-hetero) is 1. The number of hydrogen-bond donors (Lipinski definition) is 2. The van der Waals surface area contributed by atoms with Gasteiger partial charge in [-0.15, -0.1) is 0 Å². The van der Waals surface area contributed by atoms with E-state index in [1.54, 1.807) is 24.3 Å². The lowest BCUT2D eigenvalue weighted by atomic mass is 10.1. The summed E-state index contributed by atoms with van der Waals surface area (Å²) in [5.41, 5.74) is 3.90. The molecular weight excluding hydrogens is 376 g/mol. The molecule has 0 saturated heterocycles. The maximum Gasteiger partial charge on any atom is 0.274 e. The number of amides is 1. The second-order valence-corrected chi connectivity index (χ2v) is 6.85. The molecule has 28 heavy (non-hydrogen) atoms. The van der Waals surface area contributed by atoms with Gasteiger partial charge in [-0.2, -0.15) is 0 Å². The maximum atomic E-state index is 12.6. The number of aryl methyl sites for hydroxylation is 2. The smallest absolute Gasteiger partial charge is 0.274 e. The predicted octanol–water partition coefficient (Wildman–Crippen LogP) is 4.95. The Hall–Kier alpha value is -3.25. The van der Waals surface area contributed by atoms with Gasteiger partial charge >= 0.3 is 0 Å². The molecule has 6 nitrogen and oxygen atoms in total. The highest BCUT2D eigenvalue weighted by atomic mass is 35.5. The third-order valence-corrected chi connectivity index (χ3v) is 4.41. The summed E-state index contributed by atoms with van der Waals surface area (Å²) in [6, 6.07) is 12.3. The van der Waals surface area contributed by atoms with Crippen LogP contribution in [0.15, 0.2) is 48.8 Å². The zero-order chi connectivity index (χ0) is 20.3. The van der Waals surface area contributed by atoms with Crippen molar-refractivity contribution in [3.05, 3.63) is 76.2 Å². The van der Waals surface area contributed by atoms with Crippen molar-refractivity contribution in [1.29, 1.82) is 0 Å². The molecule has 1 amide bonds. The molecule has 0 atom stereocenters. The normalized spacial score (nSPS) is 10.4. The fourth-order valence-electron chi connectivity index (χ4n) is 2.77. The Bertz CT molecular complexity index is 1040. The van der Waals surface area contributed by atoms with Gasteiger partial charge in [-0.1, -0.05) is 29.8 Å². The topological polar surface area (TPSA) is 84.0 Å². The average molecular weight is 395 g/mol. The number of anilines is 3. The minimum Gasteiger partial charge on any atom is -0.340 e. The molecule has 0 aliphatic heterocycles. The first-order chi connectivity index (χ1) is 13.3. The third-order valence-electron chi connectivity index (χ3n) is 4.11. The van der Waals surface area contributed by atoms with Crippen molar-refractivity contribution in [1.82, 2.24) is 9.97 Å². The number of carbonyl (C=O) groups excluding carboxylic acids is 2. The number of nitrogens with zero attached hydrogens (tertiary/aromatic N) is 2. The lowest BCUT2D eigenvalue weighted by Gasteiger charge is -2.12. The van der Waals surface area contributed by atoms with Gasteiger partial charge in [0.15, 0.2) is 5.78 Å². The Kier molecular flexibility index (Phi) is 5.70. The van der Waals surface area contributed by atoms with Gasteiger partial charge < -0.3 is 10.6 Å². The van der Waals surface area contributed by atoms with Gasteiger partial charge in [-0.3, -0.25) is 9.59 Å². The van der Waals surface area contributed by atoms with E-state index in [2.05, 4.69) is 20.6 Å². The van der Waals surface area contributed by atoms with Crippen LogP contribution in [0.25, 0.3) is 0 Å². The van der Waals surface area contributed by atoms with E-state index in [0.717, 1.165) is 11.1 Å². The predicted molar refractivity (Wildman–Crippen MR) is 111 cm³/mol. The fourth-order valence-corrected chi connectivity index (χ4v) is 3.13. The van der Waals surface area contributed by atoms with Crippen molar-refractivity contribution in [2.24, 2.45) is 0 Å². The molecule has 0 spiro atoms. The molecule has 3 rings (SSSR count). The van der Waals surface area contributed by atoms with E-state index in [0.29, 0.717) is 27.8 Å². The zero-order valence-electron chi connectivity index (χ0n) is 15.7. The summed E-state index contributed by atoms with van der Waals surface area (Å²) in [6.45, 7) is 5.32. The molecule has 7 heteroatoms. The second kappa shape index (κ2) is 8.19. The van der Waals surface area contributed by atoms with Crippen molar-refractivity contribution >= 4 is 40.5 Å². The first kappa shape index (κ1) is 19.5. The van der Waals surface area contributed by atoms with Crippen LogP contribution in [0.5, 0.6) is 0 Å². The summed E-state index contributed by atoms with van der Waals surface area (Å²) in [5.74, 6) is 0.0149. The molecule has 0 fully saturated rings. The molecule has 1 heterocycles. The van der Waals surface area contributed by atoms with E-state index in [4.69, 9.17) is 11.6 Å². The number of halogens is 1. The SMILES string of the molecule is CC(=O)c1cccc(Nc2cc(C(=O)Nc3c(C)cc(C)cc3Cl)ncn2)c1. The van der Waals surface area contributed by atoms with Crippen LogP contribution in [0.4, 0.5) is 17.2 Å². The standard InChI is InChI=1S/C21H19ClN4O2/c1-12-7-13(2)20(17(22)8-12)26-21(28)18-10-19(24-11-23-18)25-16-6-4-5-15(9-16)14(3)27/h4-11H,1-3H3,(H,26,28)(H,23,24,25). The first-order valence-electron chi connectivity index (χ1n) is 8.61. The van der Waals surface area contributed by atoms with Crippen molar-refractivity contribution in [2.75, 3.05) is 10.6 Å². The Morgan fingerprint density at radius 2 is 1.82 bits per heavy atom. The minimum absolute atomic E-state index is 0.0308. The number of hydrogen-bond acceptors (Lipinski definition) is 5. The number of aromatic nitrogens is 2. The molecule has 1 aromatic heterocycles. The largest absolute Gasteiger partial charge is 0.340 e. The van der Waals surface area contributed by atoms with E-state index < -0.39 is 5.91 Å². The van der Waals surface area contributed by atoms with Crippen LogP contribution in [0.3, 0.4) is 0 Å². The van der Waals surface area contributed by atoms with Gasteiger partial charge in [-0.05, 0) is 50.1 Å². The average Bonchev–Trinajstić information content (AvgIpc) is 2.65. The van der Waals surface area contributed by atoms with E-state index in [-0.39, 0.29) is 11.5 Å². The highest BCUT2D eigenvalue weighted by Crippen LogP contribution is 2.27. The first-order valence-corrected chi connectivity index (χ1v) is 8.99. The van der Waals surface area contributed by atoms with Crippen LogP contribution in [0.2, 0.25) is 5.02 Å². The molecule has 0 aliphatic carbocycles. The number of carbonyl (C=O) groups is 2. The summed E-state index contributed by atoms with van der Waals surface area (Å²) in [7, 11) is 0. The molecule has 2 N–H and O–H groups in total. The van der Waals surface area contributed by atoms with E-state index in [9.17, 15) is 9.59 Å². The van der Waals surface area contributed by atoms with Gasteiger partial charge in [-0.25, -0.2) is 9.97 Å². The summed E-state index contributed by atoms with van der Waals surface area (Å²) in [5, 5.41) is 6.35. The van der Waals surface area contributed by atoms with Crippen LogP contribution in [-0.4, -0.2) is 21.7 Å². The Morgan fingerprint density at radius 3 is 2.54 bits per heavy atom. The maximum absolute atomic E-state index is 12.6. The molecule has 0 aliphatic rings. The molecule has 142 valence electrons. The number of nitrogens with one attached hydrogen (secondary N) is 2.